The van der Waals surface area contributed by atoms with E-state index in [1.807, 2.05) is 0 Å². The standard InChI is InChI=1S/C11H22OS/c1-2-3-4-8-12-9-11(10-13)6-5-7-11/h13H,2-10H2,1H3. The minimum atomic E-state index is 0.454. The van der Waals surface area contributed by atoms with E-state index in [0.29, 0.717) is 5.41 Å². The molecule has 0 spiro atoms. The number of hydrogen-bond donors (Lipinski definition) is 1. The lowest BCUT2D eigenvalue weighted by molar-refractivity contribution is 0.00910. The first kappa shape index (κ1) is 11.4. The van der Waals surface area contributed by atoms with E-state index >= 15 is 0 Å². The van der Waals surface area contributed by atoms with Crippen LogP contribution in [-0.4, -0.2) is 19.0 Å². The fraction of sp³-hybridized carbons (Fsp3) is 1.00. The molecule has 0 heterocycles. The maximum Gasteiger partial charge on any atom is 0.0530 e. The molecule has 0 aromatic carbocycles. The summed E-state index contributed by atoms with van der Waals surface area (Å²) in [5.41, 5.74) is 0.454. The lowest BCUT2D eigenvalue weighted by atomic mass is 9.71. The van der Waals surface area contributed by atoms with Crippen LogP contribution in [0.15, 0.2) is 0 Å². The monoisotopic (exact) mass is 202 g/mol. The zero-order valence-corrected chi connectivity index (χ0v) is 9.61. The van der Waals surface area contributed by atoms with Crippen molar-refractivity contribution in [3.05, 3.63) is 0 Å². The Morgan fingerprint density at radius 3 is 2.54 bits per heavy atom. The predicted molar refractivity (Wildman–Crippen MR) is 60.5 cm³/mol. The molecule has 1 fully saturated rings. The molecule has 1 rings (SSSR count). The topological polar surface area (TPSA) is 9.23 Å². The molecule has 13 heavy (non-hydrogen) atoms. The van der Waals surface area contributed by atoms with Crippen LogP contribution in [-0.2, 0) is 4.74 Å². The second-order valence-electron chi connectivity index (χ2n) is 4.27. The van der Waals surface area contributed by atoms with Crippen LogP contribution in [0, 0.1) is 5.41 Å². The van der Waals surface area contributed by atoms with Crippen LogP contribution in [0.2, 0.25) is 0 Å². The van der Waals surface area contributed by atoms with Crippen molar-refractivity contribution in [1.29, 1.82) is 0 Å². The Balaban J connectivity index is 1.98. The first-order valence-electron chi connectivity index (χ1n) is 5.51. The highest BCUT2D eigenvalue weighted by Gasteiger charge is 2.35. The van der Waals surface area contributed by atoms with Gasteiger partial charge in [0.1, 0.15) is 0 Å². The first-order valence-corrected chi connectivity index (χ1v) is 6.15. The molecule has 0 aromatic heterocycles. The van der Waals surface area contributed by atoms with Gasteiger partial charge in [-0.3, -0.25) is 0 Å². The van der Waals surface area contributed by atoms with Gasteiger partial charge in [0.15, 0.2) is 0 Å². The molecule has 1 aliphatic rings. The van der Waals surface area contributed by atoms with Crippen molar-refractivity contribution in [1.82, 2.24) is 0 Å². The molecule has 78 valence electrons. The zero-order valence-electron chi connectivity index (χ0n) is 8.72. The summed E-state index contributed by atoms with van der Waals surface area (Å²) in [6.07, 6.45) is 7.82. The molecule has 0 radical (unpaired) electrons. The summed E-state index contributed by atoms with van der Waals surface area (Å²) in [7, 11) is 0. The molecule has 0 saturated heterocycles. The number of unbranched alkanes of at least 4 members (excludes halogenated alkanes) is 2. The first-order chi connectivity index (χ1) is 6.33. The molecule has 0 atom stereocenters. The van der Waals surface area contributed by atoms with E-state index in [0.717, 1.165) is 19.0 Å². The maximum absolute atomic E-state index is 5.68. The molecule has 0 unspecified atom stereocenters. The average Bonchev–Trinajstić information content (AvgIpc) is 2.09. The number of rotatable bonds is 7. The Morgan fingerprint density at radius 1 is 1.31 bits per heavy atom. The normalized spacial score (nSPS) is 19.8. The lowest BCUT2D eigenvalue weighted by Gasteiger charge is -2.40. The number of hydrogen-bond acceptors (Lipinski definition) is 2. The van der Waals surface area contributed by atoms with Gasteiger partial charge in [0.2, 0.25) is 0 Å². The Kier molecular flexibility index (Phi) is 5.18. The summed E-state index contributed by atoms with van der Waals surface area (Å²) < 4.78 is 5.68. The SMILES string of the molecule is CCCCCOCC1(CS)CCC1. The summed E-state index contributed by atoms with van der Waals surface area (Å²) in [5.74, 6) is 1.00. The van der Waals surface area contributed by atoms with Crippen LogP contribution in [0.25, 0.3) is 0 Å². The molecule has 1 aliphatic carbocycles. The van der Waals surface area contributed by atoms with E-state index < -0.39 is 0 Å². The fourth-order valence-electron chi connectivity index (χ4n) is 1.77. The molecular formula is C11H22OS. The van der Waals surface area contributed by atoms with Gasteiger partial charge in [0.25, 0.3) is 0 Å². The van der Waals surface area contributed by atoms with E-state index in [1.54, 1.807) is 0 Å². The van der Waals surface area contributed by atoms with Gasteiger partial charge in [-0.05, 0) is 25.0 Å². The summed E-state index contributed by atoms with van der Waals surface area (Å²) in [6.45, 7) is 4.12. The molecule has 1 saturated carbocycles. The molecule has 0 amide bonds. The predicted octanol–water partition coefficient (Wildman–Crippen LogP) is 3.29. The van der Waals surface area contributed by atoms with Crippen molar-refractivity contribution in [2.75, 3.05) is 19.0 Å². The minimum Gasteiger partial charge on any atom is -0.381 e. The smallest absolute Gasteiger partial charge is 0.0530 e. The van der Waals surface area contributed by atoms with Gasteiger partial charge in [-0.1, -0.05) is 26.2 Å². The highest BCUT2D eigenvalue weighted by Crippen LogP contribution is 2.41. The van der Waals surface area contributed by atoms with Gasteiger partial charge in [-0.2, -0.15) is 12.6 Å². The Morgan fingerprint density at radius 2 is 2.08 bits per heavy atom. The van der Waals surface area contributed by atoms with Gasteiger partial charge in [0.05, 0.1) is 6.61 Å². The minimum absolute atomic E-state index is 0.454. The van der Waals surface area contributed by atoms with Gasteiger partial charge in [-0.15, -0.1) is 0 Å². The van der Waals surface area contributed by atoms with Crippen molar-refractivity contribution in [2.24, 2.45) is 5.41 Å². The Hall–Kier alpha value is 0.310. The number of ether oxygens (including phenoxy) is 1. The fourth-order valence-corrected chi connectivity index (χ4v) is 2.18. The third-order valence-corrected chi connectivity index (χ3v) is 3.72. The molecule has 1 nitrogen and oxygen atoms in total. The highest BCUT2D eigenvalue weighted by atomic mass is 32.1. The van der Waals surface area contributed by atoms with Gasteiger partial charge in [-0.25, -0.2) is 0 Å². The molecule has 0 aliphatic heterocycles. The second-order valence-corrected chi connectivity index (χ2v) is 4.59. The zero-order chi connectivity index (χ0) is 9.57. The van der Waals surface area contributed by atoms with Crippen molar-refractivity contribution >= 4 is 12.6 Å². The Labute approximate surface area is 87.7 Å². The van der Waals surface area contributed by atoms with Crippen LogP contribution in [0.3, 0.4) is 0 Å². The van der Waals surface area contributed by atoms with Crippen LogP contribution in [0.4, 0.5) is 0 Å². The summed E-state index contributed by atoms with van der Waals surface area (Å²) >= 11 is 4.40. The number of thiol groups is 1. The molecule has 0 N–H and O–H groups in total. The van der Waals surface area contributed by atoms with Crippen molar-refractivity contribution in [2.45, 2.75) is 45.4 Å². The highest BCUT2D eigenvalue weighted by molar-refractivity contribution is 7.80. The largest absolute Gasteiger partial charge is 0.381 e. The van der Waals surface area contributed by atoms with Crippen LogP contribution < -0.4 is 0 Å². The van der Waals surface area contributed by atoms with Crippen molar-refractivity contribution < 1.29 is 4.74 Å². The molecule has 0 aromatic rings. The summed E-state index contributed by atoms with van der Waals surface area (Å²) in [6, 6.07) is 0. The van der Waals surface area contributed by atoms with E-state index in [2.05, 4.69) is 19.6 Å². The third-order valence-electron chi connectivity index (χ3n) is 3.05. The summed E-state index contributed by atoms with van der Waals surface area (Å²) in [5, 5.41) is 0. The average molecular weight is 202 g/mol. The van der Waals surface area contributed by atoms with Gasteiger partial charge >= 0.3 is 0 Å². The molecule has 0 bridgehead atoms. The molecular weight excluding hydrogens is 180 g/mol. The molecule has 2 heteroatoms. The van der Waals surface area contributed by atoms with Crippen LogP contribution in [0.5, 0.6) is 0 Å². The van der Waals surface area contributed by atoms with E-state index in [1.165, 1.54) is 38.5 Å². The maximum atomic E-state index is 5.68. The van der Waals surface area contributed by atoms with Gasteiger partial charge < -0.3 is 4.74 Å². The second kappa shape index (κ2) is 5.92. The lowest BCUT2D eigenvalue weighted by Crippen LogP contribution is -2.36. The third kappa shape index (κ3) is 3.51. The van der Waals surface area contributed by atoms with Crippen LogP contribution in [0.1, 0.15) is 45.4 Å². The van der Waals surface area contributed by atoms with E-state index in [9.17, 15) is 0 Å². The quantitative estimate of drug-likeness (QED) is 0.492. The van der Waals surface area contributed by atoms with E-state index in [4.69, 9.17) is 4.74 Å². The van der Waals surface area contributed by atoms with E-state index in [-0.39, 0.29) is 0 Å². The van der Waals surface area contributed by atoms with Crippen molar-refractivity contribution in [3.8, 4) is 0 Å². The summed E-state index contributed by atoms with van der Waals surface area (Å²) in [4.78, 5) is 0. The van der Waals surface area contributed by atoms with Gasteiger partial charge in [0, 0.05) is 12.0 Å². The Bertz CT molecular complexity index is 127. The van der Waals surface area contributed by atoms with Crippen LogP contribution >= 0.6 is 12.6 Å². The van der Waals surface area contributed by atoms with Crippen molar-refractivity contribution in [3.63, 3.8) is 0 Å².